The molecule has 1 N–H and O–H groups in total. The number of alkyl halides is 2. The smallest absolute Gasteiger partial charge is 0.387 e. The number of halogens is 2. The van der Waals surface area contributed by atoms with Crippen molar-refractivity contribution in [1.82, 2.24) is 10.2 Å². The Hall–Kier alpha value is -1.93. The number of hydrogen-bond donors (Lipinski definition) is 1. The summed E-state index contributed by atoms with van der Waals surface area (Å²) in [6.07, 6.45) is 1.21. The Kier molecular flexibility index (Phi) is 7.59. The molecule has 2 atom stereocenters. The first-order valence-corrected chi connectivity index (χ1v) is 8.68. The number of hydrogen-bond acceptors (Lipinski definition) is 5. The Morgan fingerprint density at radius 2 is 2.00 bits per heavy atom. The number of carbonyl (C=O) groups is 1. The van der Waals surface area contributed by atoms with Crippen molar-refractivity contribution in [3.05, 3.63) is 23.8 Å². The molecular weight excluding hydrogens is 346 g/mol. The fourth-order valence-electron chi connectivity index (χ4n) is 3.08. The molecule has 8 heteroatoms. The molecule has 0 saturated carbocycles. The number of nitrogens with zero attached hydrogens (tertiary/aromatic N) is 1. The number of morpholine rings is 1. The monoisotopic (exact) mass is 372 g/mol. The standard InChI is InChI=1S/C18H26F2N2O4/c1-12-10-22(11-13(2)25-12)8-4-7-21-17(23)14-5-6-15(24-3)16(9-14)26-18(19)20/h5-6,9,12-13,18H,4,7-8,10-11H2,1-3H3,(H,21,23)/t12-,13-/m0/s1. The molecule has 2 rings (SSSR count). The van der Waals surface area contributed by atoms with Gasteiger partial charge in [0.05, 0.1) is 19.3 Å². The average Bonchev–Trinajstić information content (AvgIpc) is 2.57. The van der Waals surface area contributed by atoms with Crippen LogP contribution < -0.4 is 14.8 Å². The van der Waals surface area contributed by atoms with E-state index in [4.69, 9.17) is 9.47 Å². The highest BCUT2D eigenvalue weighted by atomic mass is 19.3. The van der Waals surface area contributed by atoms with Crippen molar-refractivity contribution in [3.8, 4) is 11.5 Å². The quantitative estimate of drug-likeness (QED) is 0.711. The third-order valence-corrected chi connectivity index (χ3v) is 4.07. The summed E-state index contributed by atoms with van der Waals surface area (Å²) in [6, 6.07) is 4.20. The van der Waals surface area contributed by atoms with E-state index in [0.717, 1.165) is 26.1 Å². The Balaban J connectivity index is 1.82. The van der Waals surface area contributed by atoms with Gasteiger partial charge in [0.25, 0.3) is 5.91 Å². The van der Waals surface area contributed by atoms with Gasteiger partial charge in [-0.2, -0.15) is 8.78 Å². The highest BCUT2D eigenvalue weighted by molar-refractivity contribution is 5.94. The maximum absolute atomic E-state index is 12.5. The van der Waals surface area contributed by atoms with Gasteiger partial charge >= 0.3 is 6.61 Å². The lowest BCUT2D eigenvalue weighted by molar-refractivity contribution is -0.0680. The van der Waals surface area contributed by atoms with Gasteiger partial charge in [0.1, 0.15) is 0 Å². The molecule has 0 radical (unpaired) electrons. The van der Waals surface area contributed by atoms with E-state index >= 15 is 0 Å². The normalized spacial score (nSPS) is 20.8. The second kappa shape index (κ2) is 9.68. The van der Waals surface area contributed by atoms with E-state index in [1.807, 2.05) is 13.8 Å². The molecule has 6 nitrogen and oxygen atoms in total. The Bertz CT molecular complexity index is 591. The minimum absolute atomic E-state index is 0.150. The van der Waals surface area contributed by atoms with Crippen molar-refractivity contribution >= 4 is 5.91 Å². The largest absolute Gasteiger partial charge is 0.493 e. The zero-order valence-corrected chi connectivity index (χ0v) is 15.3. The highest BCUT2D eigenvalue weighted by Crippen LogP contribution is 2.29. The van der Waals surface area contributed by atoms with Crippen molar-refractivity contribution in [2.45, 2.75) is 39.1 Å². The summed E-state index contributed by atoms with van der Waals surface area (Å²) in [5.74, 6) is -0.348. The molecule has 26 heavy (non-hydrogen) atoms. The summed E-state index contributed by atoms with van der Waals surface area (Å²) in [5, 5.41) is 2.80. The van der Waals surface area contributed by atoms with Crippen LogP contribution in [0.2, 0.25) is 0 Å². The fourth-order valence-corrected chi connectivity index (χ4v) is 3.08. The van der Waals surface area contributed by atoms with Crippen molar-refractivity contribution in [1.29, 1.82) is 0 Å². The summed E-state index contributed by atoms with van der Waals surface area (Å²) < 4.78 is 40.0. The summed E-state index contributed by atoms with van der Waals surface area (Å²) in [5.41, 5.74) is 0.245. The number of rotatable bonds is 8. The first kappa shape index (κ1) is 20.4. The SMILES string of the molecule is COc1ccc(C(=O)NCCCN2C[C@H](C)O[C@@H](C)C2)cc1OC(F)F. The van der Waals surface area contributed by atoms with Crippen LogP contribution >= 0.6 is 0 Å². The molecule has 1 aliphatic rings. The number of carbonyl (C=O) groups excluding carboxylic acids is 1. The van der Waals surface area contributed by atoms with Crippen LogP contribution in [0.5, 0.6) is 11.5 Å². The average molecular weight is 372 g/mol. The molecule has 0 aliphatic carbocycles. The first-order valence-electron chi connectivity index (χ1n) is 8.68. The van der Waals surface area contributed by atoms with Crippen LogP contribution in [-0.4, -0.2) is 62.9 Å². The Morgan fingerprint density at radius 3 is 2.62 bits per heavy atom. The number of benzene rings is 1. The fraction of sp³-hybridized carbons (Fsp3) is 0.611. The predicted molar refractivity (Wildman–Crippen MR) is 93.0 cm³/mol. The van der Waals surface area contributed by atoms with Gasteiger partial charge in [0.2, 0.25) is 0 Å². The lowest BCUT2D eigenvalue weighted by atomic mass is 10.2. The van der Waals surface area contributed by atoms with Gasteiger partial charge < -0.3 is 19.5 Å². The minimum atomic E-state index is -2.99. The maximum atomic E-state index is 12.5. The van der Waals surface area contributed by atoms with Crippen molar-refractivity contribution in [3.63, 3.8) is 0 Å². The van der Waals surface area contributed by atoms with E-state index in [1.165, 1.54) is 25.3 Å². The maximum Gasteiger partial charge on any atom is 0.387 e. The molecule has 1 aromatic carbocycles. The summed E-state index contributed by atoms with van der Waals surface area (Å²) >= 11 is 0. The van der Waals surface area contributed by atoms with E-state index < -0.39 is 6.61 Å². The van der Waals surface area contributed by atoms with Crippen molar-refractivity contribution in [2.75, 3.05) is 33.3 Å². The van der Waals surface area contributed by atoms with E-state index in [0.29, 0.717) is 6.54 Å². The molecule has 1 saturated heterocycles. The van der Waals surface area contributed by atoms with Gasteiger partial charge in [-0.05, 0) is 38.5 Å². The number of nitrogens with one attached hydrogen (secondary N) is 1. The lowest BCUT2D eigenvalue weighted by Gasteiger charge is -2.35. The number of amides is 1. The van der Waals surface area contributed by atoms with Crippen molar-refractivity contribution < 1.29 is 27.8 Å². The molecule has 146 valence electrons. The third-order valence-electron chi connectivity index (χ3n) is 4.07. The third kappa shape index (κ3) is 6.10. The molecular formula is C18H26F2N2O4. The van der Waals surface area contributed by atoms with Gasteiger partial charge in [-0.3, -0.25) is 9.69 Å². The Morgan fingerprint density at radius 1 is 1.31 bits per heavy atom. The Labute approximate surface area is 152 Å². The van der Waals surface area contributed by atoms with Gasteiger partial charge in [-0.25, -0.2) is 0 Å². The molecule has 0 spiro atoms. The molecule has 1 amide bonds. The molecule has 1 fully saturated rings. The van der Waals surface area contributed by atoms with Crippen LogP contribution in [-0.2, 0) is 4.74 Å². The predicted octanol–water partition coefficient (Wildman–Crippen LogP) is 2.53. The van der Waals surface area contributed by atoms with Gasteiger partial charge in [0, 0.05) is 31.7 Å². The van der Waals surface area contributed by atoms with Crippen LogP contribution in [0.1, 0.15) is 30.6 Å². The minimum Gasteiger partial charge on any atom is -0.493 e. The second-order valence-corrected chi connectivity index (χ2v) is 6.37. The van der Waals surface area contributed by atoms with Crippen LogP contribution in [0.3, 0.4) is 0 Å². The molecule has 1 aliphatic heterocycles. The number of ether oxygens (including phenoxy) is 3. The summed E-state index contributed by atoms with van der Waals surface area (Å²) in [4.78, 5) is 14.5. The summed E-state index contributed by atoms with van der Waals surface area (Å²) in [7, 11) is 1.35. The van der Waals surface area contributed by atoms with E-state index in [2.05, 4.69) is 15.0 Å². The first-order chi connectivity index (χ1) is 12.4. The summed E-state index contributed by atoms with van der Waals surface area (Å²) in [6.45, 7) is 4.23. The lowest BCUT2D eigenvalue weighted by Crippen LogP contribution is -2.46. The van der Waals surface area contributed by atoms with E-state index in [1.54, 1.807) is 0 Å². The topological polar surface area (TPSA) is 60.0 Å². The molecule has 1 aromatic rings. The molecule has 0 unspecified atom stereocenters. The van der Waals surface area contributed by atoms with Gasteiger partial charge in [0.15, 0.2) is 11.5 Å². The van der Waals surface area contributed by atoms with Crippen LogP contribution in [0.4, 0.5) is 8.78 Å². The zero-order valence-electron chi connectivity index (χ0n) is 15.3. The van der Waals surface area contributed by atoms with E-state index in [9.17, 15) is 13.6 Å². The molecule has 1 heterocycles. The highest BCUT2D eigenvalue weighted by Gasteiger charge is 2.21. The second-order valence-electron chi connectivity index (χ2n) is 6.37. The van der Waals surface area contributed by atoms with Crippen LogP contribution in [0.25, 0.3) is 0 Å². The van der Waals surface area contributed by atoms with Crippen molar-refractivity contribution in [2.24, 2.45) is 0 Å². The molecule has 0 aromatic heterocycles. The molecule has 0 bridgehead atoms. The van der Waals surface area contributed by atoms with Crippen LogP contribution in [0.15, 0.2) is 18.2 Å². The van der Waals surface area contributed by atoms with Gasteiger partial charge in [-0.1, -0.05) is 0 Å². The van der Waals surface area contributed by atoms with E-state index in [-0.39, 0.29) is 35.2 Å². The number of methoxy groups -OCH3 is 1. The zero-order chi connectivity index (χ0) is 19.1. The van der Waals surface area contributed by atoms with Gasteiger partial charge in [-0.15, -0.1) is 0 Å². The van der Waals surface area contributed by atoms with Crippen LogP contribution in [0, 0.1) is 0 Å².